The number of hydrogen-bond donors (Lipinski definition) is 2. The van der Waals surface area contributed by atoms with E-state index in [0.717, 1.165) is 5.56 Å². The molecule has 6 nitrogen and oxygen atoms in total. The summed E-state index contributed by atoms with van der Waals surface area (Å²) in [4.78, 5) is 28.8. The number of aromatic nitrogens is 1. The Kier molecular flexibility index (Phi) is 6.51. The molecule has 0 aliphatic carbocycles. The molecule has 0 saturated heterocycles. The van der Waals surface area contributed by atoms with Crippen molar-refractivity contribution in [1.82, 2.24) is 10.3 Å². The second kappa shape index (κ2) is 8.82. The Bertz CT molecular complexity index is 700. The summed E-state index contributed by atoms with van der Waals surface area (Å²) in [6, 6.07) is 12.2. The zero-order valence-electron chi connectivity index (χ0n) is 14.7. The average molecular weight is 341 g/mol. The lowest BCUT2D eigenvalue weighted by atomic mass is 10.0. The number of pyridine rings is 1. The van der Waals surface area contributed by atoms with Crippen LogP contribution < -0.4 is 15.4 Å². The highest BCUT2D eigenvalue weighted by atomic mass is 16.5. The highest BCUT2D eigenvalue weighted by molar-refractivity contribution is 5.97. The first kappa shape index (κ1) is 18.4. The van der Waals surface area contributed by atoms with Crippen molar-refractivity contribution in [1.29, 1.82) is 0 Å². The predicted octanol–water partition coefficient (Wildman–Crippen LogP) is 2.41. The molecule has 1 aromatic carbocycles. The molecule has 0 bridgehead atoms. The number of rotatable bonds is 7. The summed E-state index contributed by atoms with van der Waals surface area (Å²) in [6.07, 6.45) is 1.75. The third-order valence-corrected chi connectivity index (χ3v) is 3.69. The van der Waals surface area contributed by atoms with E-state index < -0.39 is 6.04 Å². The fourth-order valence-electron chi connectivity index (χ4n) is 2.34. The maximum absolute atomic E-state index is 12.5. The van der Waals surface area contributed by atoms with Gasteiger partial charge in [0.25, 0.3) is 0 Å². The molecule has 2 aromatic rings. The first-order chi connectivity index (χ1) is 12.0. The van der Waals surface area contributed by atoms with Crippen LogP contribution in [0.15, 0.2) is 48.7 Å². The molecule has 2 amide bonds. The summed E-state index contributed by atoms with van der Waals surface area (Å²) in [5.41, 5.74) is 1.45. The van der Waals surface area contributed by atoms with Crippen LogP contribution >= 0.6 is 0 Å². The molecule has 0 radical (unpaired) electrons. The lowest BCUT2D eigenvalue weighted by Gasteiger charge is -2.21. The molecule has 0 aliphatic heterocycles. The van der Waals surface area contributed by atoms with Gasteiger partial charge >= 0.3 is 0 Å². The number of ether oxygens (including phenoxy) is 1. The number of anilines is 1. The first-order valence-electron chi connectivity index (χ1n) is 8.13. The monoisotopic (exact) mass is 341 g/mol. The van der Waals surface area contributed by atoms with Crippen LogP contribution in [-0.4, -0.2) is 29.9 Å². The van der Waals surface area contributed by atoms with Crippen LogP contribution in [0.3, 0.4) is 0 Å². The molecule has 1 heterocycles. The summed E-state index contributed by atoms with van der Waals surface area (Å²) in [5, 5.41) is 5.58. The van der Waals surface area contributed by atoms with Gasteiger partial charge in [0.1, 0.15) is 6.04 Å². The molecule has 0 fully saturated rings. The molecular weight excluding hydrogens is 318 g/mol. The van der Waals surface area contributed by atoms with Crippen molar-refractivity contribution in [2.24, 2.45) is 5.92 Å². The van der Waals surface area contributed by atoms with Gasteiger partial charge in [-0.25, -0.2) is 4.98 Å². The van der Waals surface area contributed by atoms with Crippen molar-refractivity contribution in [3.8, 4) is 5.88 Å². The van der Waals surface area contributed by atoms with Crippen LogP contribution in [0.2, 0.25) is 0 Å². The molecule has 1 aromatic heterocycles. The van der Waals surface area contributed by atoms with Gasteiger partial charge in [0.2, 0.25) is 17.7 Å². The highest BCUT2D eigenvalue weighted by Gasteiger charge is 2.24. The van der Waals surface area contributed by atoms with Crippen molar-refractivity contribution in [2.75, 3.05) is 12.4 Å². The Hall–Kier alpha value is -2.89. The molecular formula is C19H23N3O3. The largest absolute Gasteiger partial charge is 0.481 e. The lowest BCUT2D eigenvalue weighted by Crippen LogP contribution is -2.47. The van der Waals surface area contributed by atoms with Crippen LogP contribution in [0.5, 0.6) is 5.88 Å². The van der Waals surface area contributed by atoms with Crippen molar-refractivity contribution >= 4 is 17.5 Å². The third-order valence-electron chi connectivity index (χ3n) is 3.69. The summed E-state index contributed by atoms with van der Waals surface area (Å²) in [5.74, 6) is -0.0446. The number of nitrogens with zero attached hydrogens (tertiary/aromatic N) is 1. The topological polar surface area (TPSA) is 80.3 Å². The van der Waals surface area contributed by atoms with Gasteiger partial charge in [-0.3, -0.25) is 9.59 Å². The van der Waals surface area contributed by atoms with Gasteiger partial charge in [-0.05, 0) is 17.5 Å². The van der Waals surface area contributed by atoms with Gasteiger partial charge in [-0.1, -0.05) is 44.2 Å². The van der Waals surface area contributed by atoms with Crippen molar-refractivity contribution in [3.05, 3.63) is 54.2 Å². The van der Waals surface area contributed by atoms with Crippen LogP contribution in [0, 0.1) is 5.92 Å². The molecule has 2 rings (SSSR count). The molecule has 0 unspecified atom stereocenters. The van der Waals surface area contributed by atoms with E-state index in [1.165, 1.54) is 13.3 Å². The molecule has 0 spiro atoms. The summed E-state index contributed by atoms with van der Waals surface area (Å²) < 4.78 is 4.99. The summed E-state index contributed by atoms with van der Waals surface area (Å²) >= 11 is 0. The van der Waals surface area contributed by atoms with E-state index >= 15 is 0 Å². The fraction of sp³-hybridized carbons (Fsp3) is 0.316. The number of carbonyl (C=O) groups is 2. The van der Waals surface area contributed by atoms with Crippen LogP contribution in [0.4, 0.5) is 5.69 Å². The van der Waals surface area contributed by atoms with Gasteiger partial charge in [-0.15, -0.1) is 0 Å². The Morgan fingerprint density at radius 2 is 1.84 bits per heavy atom. The van der Waals surface area contributed by atoms with E-state index in [-0.39, 0.29) is 24.2 Å². The normalized spacial score (nSPS) is 11.7. The predicted molar refractivity (Wildman–Crippen MR) is 96.3 cm³/mol. The van der Waals surface area contributed by atoms with Crippen LogP contribution in [-0.2, 0) is 16.0 Å². The number of nitrogens with one attached hydrogen (secondary N) is 2. The van der Waals surface area contributed by atoms with Crippen molar-refractivity contribution < 1.29 is 14.3 Å². The molecule has 6 heteroatoms. The molecule has 0 saturated carbocycles. The quantitative estimate of drug-likeness (QED) is 0.810. The van der Waals surface area contributed by atoms with E-state index in [2.05, 4.69) is 15.6 Å². The minimum Gasteiger partial charge on any atom is -0.481 e. The highest BCUT2D eigenvalue weighted by Crippen LogP contribution is 2.13. The Morgan fingerprint density at radius 1 is 1.12 bits per heavy atom. The molecule has 0 aliphatic rings. The van der Waals surface area contributed by atoms with Crippen molar-refractivity contribution in [2.45, 2.75) is 26.3 Å². The maximum atomic E-state index is 12.5. The maximum Gasteiger partial charge on any atom is 0.247 e. The number of benzene rings is 1. The molecule has 1 atom stereocenters. The summed E-state index contributed by atoms with van der Waals surface area (Å²) in [6.45, 7) is 3.78. The van der Waals surface area contributed by atoms with Gasteiger partial charge in [0.15, 0.2) is 0 Å². The zero-order chi connectivity index (χ0) is 18.2. The first-order valence-corrected chi connectivity index (χ1v) is 8.13. The standard InChI is InChI=1S/C19H23N3O3/c1-13(2)18(22-16(23)11-14-7-5-4-6-8-14)19(24)21-15-9-10-17(25-3)20-12-15/h4-10,12-13,18H,11H2,1-3H3,(H,21,24)(H,22,23)/t18-/m1/s1. The van der Waals surface area contributed by atoms with E-state index in [1.54, 1.807) is 12.1 Å². The molecule has 25 heavy (non-hydrogen) atoms. The van der Waals surface area contributed by atoms with E-state index in [9.17, 15) is 9.59 Å². The Morgan fingerprint density at radius 3 is 2.40 bits per heavy atom. The smallest absolute Gasteiger partial charge is 0.247 e. The second-order valence-electron chi connectivity index (χ2n) is 6.03. The van der Waals surface area contributed by atoms with E-state index in [4.69, 9.17) is 4.74 Å². The number of amides is 2. The zero-order valence-corrected chi connectivity index (χ0v) is 14.7. The van der Waals surface area contributed by atoms with Gasteiger partial charge < -0.3 is 15.4 Å². The molecule has 2 N–H and O–H groups in total. The van der Waals surface area contributed by atoms with E-state index in [0.29, 0.717) is 11.6 Å². The minimum atomic E-state index is -0.627. The third kappa shape index (κ3) is 5.60. The number of hydrogen-bond acceptors (Lipinski definition) is 4. The Balaban J connectivity index is 1.98. The lowest BCUT2D eigenvalue weighted by molar-refractivity contribution is -0.127. The van der Waals surface area contributed by atoms with Crippen molar-refractivity contribution in [3.63, 3.8) is 0 Å². The van der Waals surface area contributed by atoms with Gasteiger partial charge in [0, 0.05) is 6.07 Å². The van der Waals surface area contributed by atoms with Crippen LogP contribution in [0.1, 0.15) is 19.4 Å². The Labute approximate surface area is 147 Å². The summed E-state index contributed by atoms with van der Waals surface area (Å²) in [7, 11) is 1.53. The van der Waals surface area contributed by atoms with Gasteiger partial charge in [-0.2, -0.15) is 0 Å². The molecule has 132 valence electrons. The second-order valence-corrected chi connectivity index (χ2v) is 6.03. The minimum absolute atomic E-state index is 0.0501. The number of carbonyl (C=O) groups excluding carboxylic acids is 2. The average Bonchev–Trinajstić information content (AvgIpc) is 2.61. The fourth-order valence-corrected chi connectivity index (χ4v) is 2.34. The van der Waals surface area contributed by atoms with Gasteiger partial charge in [0.05, 0.1) is 25.4 Å². The van der Waals surface area contributed by atoms with E-state index in [1.807, 2.05) is 44.2 Å². The van der Waals surface area contributed by atoms with Crippen LogP contribution in [0.25, 0.3) is 0 Å². The SMILES string of the molecule is COc1ccc(NC(=O)[C@H](NC(=O)Cc2ccccc2)C(C)C)cn1. The number of methoxy groups -OCH3 is 1.